The lowest BCUT2D eigenvalue weighted by Gasteiger charge is -2.17. The number of ether oxygens (including phenoxy) is 1. The van der Waals surface area contributed by atoms with Crippen molar-refractivity contribution < 1.29 is 17.9 Å². The average Bonchev–Trinajstić information content (AvgIpc) is 2.33. The van der Waals surface area contributed by atoms with Crippen LogP contribution in [0.4, 0.5) is 13.2 Å². The van der Waals surface area contributed by atoms with Crippen LogP contribution in [-0.4, -0.2) is 24.9 Å². The fourth-order valence-electron chi connectivity index (χ4n) is 1.59. The zero-order chi connectivity index (χ0) is 14.5. The van der Waals surface area contributed by atoms with E-state index in [1.807, 2.05) is 39.1 Å². The number of thioether (sulfide) groups is 1. The predicted octanol–water partition coefficient (Wildman–Crippen LogP) is 3.91. The van der Waals surface area contributed by atoms with E-state index in [9.17, 15) is 13.2 Å². The van der Waals surface area contributed by atoms with Crippen molar-refractivity contribution in [2.24, 2.45) is 0 Å². The molecule has 0 aliphatic carbocycles. The van der Waals surface area contributed by atoms with Gasteiger partial charge in [-0.15, -0.1) is 0 Å². The third-order valence-corrected chi connectivity index (χ3v) is 3.37. The minimum Gasteiger partial charge on any atom is -0.492 e. The van der Waals surface area contributed by atoms with Crippen molar-refractivity contribution in [1.82, 2.24) is 5.32 Å². The zero-order valence-corrected chi connectivity index (χ0v) is 12.0. The van der Waals surface area contributed by atoms with Gasteiger partial charge in [-0.2, -0.15) is 13.2 Å². The second kappa shape index (κ2) is 7.05. The molecule has 0 amide bonds. The van der Waals surface area contributed by atoms with Crippen molar-refractivity contribution in [3.05, 3.63) is 29.3 Å². The van der Waals surface area contributed by atoms with E-state index in [2.05, 4.69) is 5.32 Å². The van der Waals surface area contributed by atoms with E-state index >= 15 is 0 Å². The molecule has 1 rings (SSSR count). The first-order chi connectivity index (χ1) is 8.83. The summed E-state index contributed by atoms with van der Waals surface area (Å²) in [4.78, 5) is 0. The lowest BCUT2D eigenvalue weighted by atomic mass is 10.1. The monoisotopic (exact) mass is 293 g/mol. The Morgan fingerprint density at radius 3 is 2.63 bits per heavy atom. The quantitative estimate of drug-likeness (QED) is 0.804. The van der Waals surface area contributed by atoms with Crippen LogP contribution in [0.15, 0.2) is 18.2 Å². The summed E-state index contributed by atoms with van der Waals surface area (Å²) in [6.07, 6.45) is 0. The molecule has 1 aromatic carbocycles. The summed E-state index contributed by atoms with van der Waals surface area (Å²) in [5, 5.41) is 3.09. The van der Waals surface area contributed by atoms with Gasteiger partial charge in [-0.3, -0.25) is 0 Å². The number of hydrogen-bond donors (Lipinski definition) is 1. The first-order valence-corrected chi connectivity index (χ1v) is 6.93. The number of nitrogens with one attached hydrogen (secondary N) is 1. The van der Waals surface area contributed by atoms with Crippen molar-refractivity contribution in [2.75, 3.05) is 19.4 Å². The second-order valence-electron chi connectivity index (χ2n) is 4.19. The van der Waals surface area contributed by atoms with E-state index in [1.54, 1.807) is 0 Å². The predicted molar refractivity (Wildman–Crippen MR) is 72.7 cm³/mol. The van der Waals surface area contributed by atoms with Gasteiger partial charge in [0.15, 0.2) is 0 Å². The van der Waals surface area contributed by atoms with Crippen LogP contribution in [0.25, 0.3) is 0 Å². The molecule has 0 aromatic heterocycles. The fraction of sp³-hybridized carbons (Fsp3) is 0.538. The first kappa shape index (κ1) is 16.2. The Bertz CT molecular complexity index is 409. The van der Waals surface area contributed by atoms with Crippen LogP contribution >= 0.6 is 11.8 Å². The molecule has 0 saturated heterocycles. The molecule has 0 fully saturated rings. The van der Waals surface area contributed by atoms with Crippen LogP contribution in [0.3, 0.4) is 0 Å². The highest BCUT2D eigenvalue weighted by Crippen LogP contribution is 2.30. The number of hydrogen-bond acceptors (Lipinski definition) is 3. The third-order valence-electron chi connectivity index (χ3n) is 2.68. The molecule has 0 bridgehead atoms. The van der Waals surface area contributed by atoms with Gasteiger partial charge in [0.1, 0.15) is 5.75 Å². The van der Waals surface area contributed by atoms with E-state index in [0.29, 0.717) is 5.75 Å². The zero-order valence-electron chi connectivity index (χ0n) is 11.2. The van der Waals surface area contributed by atoms with Gasteiger partial charge < -0.3 is 10.1 Å². The van der Waals surface area contributed by atoms with Gasteiger partial charge >= 0.3 is 5.51 Å². The lowest BCUT2D eigenvalue weighted by Crippen LogP contribution is -2.15. The Hall–Kier alpha value is -0.880. The third kappa shape index (κ3) is 5.74. The topological polar surface area (TPSA) is 21.3 Å². The molecule has 1 unspecified atom stereocenters. The van der Waals surface area contributed by atoms with E-state index < -0.39 is 5.51 Å². The van der Waals surface area contributed by atoms with E-state index in [1.165, 1.54) is 0 Å². The second-order valence-corrected chi connectivity index (χ2v) is 5.35. The molecule has 1 N–H and O–H groups in total. The number of halogens is 3. The molecule has 0 spiro atoms. The molecule has 19 heavy (non-hydrogen) atoms. The maximum Gasteiger partial charge on any atom is 0.441 e. The van der Waals surface area contributed by atoms with Crippen LogP contribution < -0.4 is 10.1 Å². The maximum atomic E-state index is 12.0. The van der Waals surface area contributed by atoms with Crippen LogP contribution in [-0.2, 0) is 0 Å². The highest BCUT2D eigenvalue weighted by molar-refractivity contribution is 8.00. The summed E-state index contributed by atoms with van der Waals surface area (Å²) < 4.78 is 41.5. The Morgan fingerprint density at radius 1 is 1.37 bits per heavy atom. The Labute approximate surface area is 115 Å². The van der Waals surface area contributed by atoms with Crippen LogP contribution in [0.2, 0.25) is 0 Å². The van der Waals surface area contributed by atoms with Crippen molar-refractivity contribution in [3.8, 4) is 5.75 Å². The molecule has 0 saturated carbocycles. The summed E-state index contributed by atoms with van der Waals surface area (Å²) in [5.74, 6) is 0.537. The molecular weight excluding hydrogens is 275 g/mol. The van der Waals surface area contributed by atoms with Crippen LogP contribution in [0.1, 0.15) is 24.1 Å². The molecule has 6 heteroatoms. The van der Waals surface area contributed by atoms with E-state index in [-0.39, 0.29) is 30.2 Å². The van der Waals surface area contributed by atoms with Crippen molar-refractivity contribution in [3.63, 3.8) is 0 Å². The summed E-state index contributed by atoms with van der Waals surface area (Å²) in [6.45, 7) is 3.93. The smallest absolute Gasteiger partial charge is 0.441 e. The van der Waals surface area contributed by atoms with Gasteiger partial charge in [0.25, 0.3) is 0 Å². The number of rotatable bonds is 6. The normalized spacial score (nSPS) is 13.4. The molecule has 108 valence electrons. The molecule has 0 heterocycles. The highest BCUT2D eigenvalue weighted by atomic mass is 32.2. The van der Waals surface area contributed by atoms with Crippen molar-refractivity contribution in [1.29, 1.82) is 0 Å². The Kier molecular flexibility index (Phi) is 6.00. The molecular formula is C13H18F3NOS. The van der Waals surface area contributed by atoms with Crippen molar-refractivity contribution in [2.45, 2.75) is 25.4 Å². The summed E-state index contributed by atoms with van der Waals surface area (Å²) in [5.41, 5.74) is -2.23. The SMILES string of the molecule is CNC(C)c1ccc(C)cc1OCCSC(F)(F)F. The lowest BCUT2D eigenvalue weighted by molar-refractivity contribution is -0.0329. The van der Waals surface area contributed by atoms with Crippen LogP contribution in [0.5, 0.6) is 5.75 Å². The van der Waals surface area contributed by atoms with Gasteiger partial charge in [-0.05, 0) is 44.3 Å². The largest absolute Gasteiger partial charge is 0.492 e. The maximum absolute atomic E-state index is 12.0. The molecule has 1 aromatic rings. The minimum absolute atomic E-state index is 0.0388. The molecule has 0 aliphatic rings. The summed E-state index contributed by atoms with van der Waals surface area (Å²) >= 11 is -0.0636. The highest BCUT2D eigenvalue weighted by Gasteiger charge is 2.27. The van der Waals surface area contributed by atoms with Crippen LogP contribution in [0, 0.1) is 6.92 Å². The molecule has 2 nitrogen and oxygen atoms in total. The van der Waals surface area contributed by atoms with E-state index in [4.69, 9.17) is 4.74 Å². The Balaban J connectivity index is 2.63. The van der Waals surface area contributed by atoms with Gasteiger partial charge in [0.2, 0.25) is 0 Å². The number of benzene rings is 1. The molecule has 0 aliphatic heterocycles. The first-order valence-electron chi connectivity index (χ1n) is 5.95. The summed E-state index contributed by atoms with van der Waals surface area (Å²) in [7, 11) is 1.83. The average molecular weight is 293 g/mol. The van der Waals surface area contributed by atoms with Gasteiger partial charge in [0.05, 0.1) is 6.61 Å². The van der Waals surface area contributed by atoms with Gasteiger partial charge in [-0.25, -0.2) is 0 Å². The van der Waals surface area contributed by atoms with Gasteiger partial charge in [0, 0.05) is 17.4 Å². The standard InChI is InChI=1S/C13H18F3NOS/c1-9-4-5-11(10(2)17-3)12(8-9)18-6-7-19-13(14,15)16/h4-5,8,10,17H,6-7H2,1-3H3. The van der Waals surface area contributed by atoms with E-state index in [0.717, 1.165) is 11.1 Å². The molecule has 0 radical (unpaired) electrons. The number of aryl methyl sites for hydroxylation is 1. The fourth-order valence-corrected chi connectivity index (χ4v) is 1.99. The van der Waals surface area contributed by atoms with Crippen molar-refractivity contribution >= 4 is 11.8 Å². The minimum atomic E-state index is -4.20. The van der Waals surface area contributed by atoms with Gasteiger partial charge in [-0.1, -0.05) is 12.1 Å². The molecule has 1 atom stereocenters. The summed E-state index contributed by atoms with van der Waals surface area (Å²) in [6, 6.07) is 5.83. The Morgan fingerprint density at radius 2 is 2.05 bits per heavy atom. The number of alkyl halides is 3.